The molecule has 0 saturated heterocycles. The van der Waals surface area contributed by atoms with E-state index in [2.05, 4.69) is 48.6 Å². The fourth-order valence-corrected chi connectivity index (χ4v) is 3.21. The molecule has 3 aromatic rings. The van der Waals surface area contributed by atoms with Crippen LogP contribution in [0, 0.1) is 6.92 Å². The van der Waals surface area contributed by atoms with Crippen LogP contribution >= 0.6 is 12.2 Å². The van der Waals surface area contributed by atoms with Crippen LogP contribution in [0.2, 0.25) is 0 Å². The van der Waals surface area contributed by atoms with Gasteiger partial charge in [-0.05, 0) is 61.5 Å². The minimum Gasteiger partial charge on any atom is -0.494 e. The van der Waals surface area contributed by atoms with Crippen molar-refractivity contribution in [3.8, 4) is 11.5 Å². The van der Waals surface area contributed by atoms with E-state index >= 15 is 0 Å². The number of unbranched alkanes of at least 4 members (excludes halogenated alkanes) is 2. The summed E-state index contributed by atoms with van der Waals surface area (Å²) in [7, 11) is 0. The molecule has 3 N–H and O–H groups in total. The number of anilines is 1. The summed E-state index contributed by atoms with van der Waals surface area (Å²) in [4.78, 5) is 0. The van der Waals surface area contributed by atoms with Crippen molar-refractivity contribution in [2.24, 2.45) is 5.73 Å². The average Bonchev–Trinajstić information content (AvgIpc) is 2.68. The highest BCUT2D eigenvalue weighted by Gasteiger charge is 2.05. The van der Waals surface area contributed by atoms with E-state index in [1.54, 1.807) is 0 Å². The number of rotatable bonds is 9. The van der Waals surface area contributed by atoms with E-state index in [9.17, 15) is 0 Å². The molecule has 0 aliphatic carbocycles. The van der Waals surface area contributed by atoms with Gasteiger partial charge in [-0.25, -0.2) is 0 Å². The van der Waals surface area contributed by atoms with E-state index in [0.29, 0.717) is 13.2 Å². The van der Waals surface area contributed by atoms with Crippen LogP contribution in [0.5, 0.6) is 11.5 Å². The lowest BCUT2D eigenvalue weighted by Gasteiger charge is -2.12. The largest absolute Gasteiger partial charge is 0.494 e. The Kier molecular flexibility index (Phi) is 7.09. The van der Waals surface area contributed by atoms with E-state index in [1.165, 1.54) is 16.3 Å². The van der Waals surface area contributed by atoms with Crippen molar-refractivity contribution in [1.29, 1.82) is 0 Å². The summed E-state index contributed by atoms with van der Waals surface area (Å²) in [5.74, 6) is 1.81. The van der Waals surface area contributed by atoms with Crippen LogP contribution in [0.4, 0.5) is 5.69 Å². The third-order valence-electron chi connectivity index (χ3n) is 4.48. The molecule has 0 spiro atoms. The minimum absolute atomic E-state index is 0.249. The Bertz CT molecular complexity index is 943. The standard InChI is InChI=1S/C23H26N2O2S/c1-17-12-13-18-8-3-4-11-21(18)22(17)27-15-6-2-5-14-26-20-10-7-9-19(16-20)25-23(24)28/h3-4,7-13,16H,2,5-6,14-15H2,1H3,(H3,24,25,28). The van der Waals surface area contributed by atoms with Gasteiger partial charge in [0.15, 0.2) is 5.11 Å². The number of fused-ring (bicyclic) bond motifs is 1. The summed E-state index contributed by atoms with van der Waals surface area (Å²) in [6, 6.07) is 20.2. The number of ether oxygens (including phenoxy) is 2. The molecule has 0 amide bonds. The molecule has 5 heteroatoms. The molecular weight excluding hydrogens is 368 g/mol. The van der Waals surface area contributed by atoms with Crippen molar-refractivity contribution in [1.82, 2.24) is 0 Å². The third-order valence-corrected chi connectivity index (χ3v) is 4.58. The first-order valence-corrected chi connectivity index (χ1v) is 9.95. The molecule has 0 radical (unpaired) electrons. The number of hydrogen-bond acceptors (Lipinski definition) is 3. The zero-order chi connectivity index (χ0) is 19.8. The van der Waals surface area contributed by atoms with Crippen molar-refractivity contribution in [3.05, 3.63) is 66.2 Å². The maximum atomic E-state index is 6.09. The zero-order valence-corrected chi connectivity index (χ0v) is 16.9. The number of benzene rings is 3. The van der Waals surface area contributed by atoms with Gasteiger partial charge in [0, 0.05) is 17.1 Å². The van der Waals surface area contributed by atoms with E-state index in [0.717, 1.165) is 36.4 Å². The predicted molar refractivity (Wildman–Crippen MR) is 120 cm³/mol. The van der Waals surface area contributed by atoms with Crippen molar-refractivity contribution in [3.63, 3.8) is 0 Å². The summed E-state index contributed by atoms with van der Waals surface area (Å²) in [5.41, 5.74) is 7.50. The molecule has 0 aliphatic heterocycles. The molecule has 0 bridgehead atoms. The van der Waals surface area contributed by atoms with Crippen LogP contribution in [0.3, 0.4) is 0 Å². The van der Waals surface area contributed by atoms with E-state index < -0.39 is 0 Å². The topological polar surface area (TPSA) is 56.5 Å². The zero-order valence-electron chi connectivity index (χ0n) is 16.1. The Balaban J connectivity index is 1.39. The summed E-state index contributed by atoms with van der Waals surface area (Å²) in [5, 5.41) is 5.55. The highest BCUT2D eigenvalue weighted by Crippen LogP contribution is 2.29. The Labute approximate surface area is 171 Å². The van der Waals surface area contributed by atoms with Crippen molar-refractivity contribution < 1.29 is 9.47 Å². The van der Waals surface area contributed by atoms with Crippen LogP contribution in [0.15, 0.2) is 60.7 Å². The molecule has 146 valence electrons. The Morgan fingerprint density at radius 3 is 2.54 bits per heavy atom. The second kappa shape index (κ2) is 9.95. The van der Waals surface area contributed by atoms with Crippen LogP contribution in [0.1, 0.15) is 24.8 Å². The lowest BCUT2D eigenvalue weighted by Crippen LogP contribution is -2.18. The quantitative estimate of drug-likeness (QED) is 0.374. The van der Waals surface area contributed by atoms with Crippen LogP contribution in [-0.2, 0) is 0 Å². The monoisotopic (exact) mass is 394 g/mol. The average molecular weight is 395 g/mol. The Morgan fingerprint density at radius 1 is 0.929 bits per heavy atom. The molecule has 4 nitrogen and oxygen atoms in total. The summed E-state index contributed by atoms with van der Waals surface area (Å²) < 4.78 is 11.9. The normalized spacial score (nSPS) is 10.6. The molecule has 0 atom stereocenters. The molecule has 0 unspecified atom stereocenters. The number of nitrogens with two attached hydrogens (primary N) is 1. The number of nitrogens with one attached hydrogen (secondary N) is 1. The summed E-state index contributed by atoms with van der Waals surface area (Å²) in [6.45, 7) is 3.47. The summed E-state index contributed by atoms with van der Waals surface area (Å²) in [6.07, 6.45) is 3.02. The van der Waals surface area contributed by atoms with Crippen LogP contribution < -0.4 is 20.5 Å². The van der Waals surface area contributed by atoms with Crippen LogP contribution in [-0.4, -0.2) is 18.3 Å². The molecule has 0 aromatic heterocycles. The Hall–Kier alpha value is -2.79. The maximum Gasteiger partial charge on any atom is 0.168 e. The van der Waals surface area contributed by atoms with E-state index in [-0.39, 0.29) is 5.11 Å². The van der Waals surface area contributed by atoms with Gasteiger partial charge in [0.05, 0.1) is 13.2 Å². The third kappa shape index (κ3) is 5.60. The van der Waals surface area contributed by atoms with Crippen molar-refractivity contribution in [2.45, 2.75) is 26.2 Å². The van der Waals surface area contributed by atoms with Crippen LogP contribution in [0.25, 0.3) is 10.8 Å². The van der Waals surface area contributed by atoms with Gasteiger partial charge in [-0.15, -0.1) is 0 Å². The molecule has 0 fully saturated rings. The molecule has 3 rings (SSSR count). The molecule has 0 saturated carbocycles. The van der Waals surface area contributed by atoms with Gasteiger partial charge in [-0.3, -0.25) is 0 Å². The van der Waals surface area contributed by atoms with Gasteiger partial charge in [-0.2, -0.15) is 0 Å². The van der Waals surface area contributed by atoms with E-state index in [4.69, 9.17) is 27.4 Å². The second-order valence-electron chi connectivity index (χ2n) is 6.71. The lowest BCUT2D eigenvalue weighted by atomic mass is 10.1. The van der Waals surface area contributed by atoms with Gasteiger partial charge >= 0.3 is 0 Å². The number of hydrogen-bond donors (Lipinski definition) is 2. The highest BCUT2D eigenvalue weighted by atomic mass is 32.1. The predicted octanol–water partition coefficient (Wildman–Crippen LogP) is 5.43. The van der Waals surface area contributed by atoms with Gasteiger partial charge in [0.1, 0.15) is 11.5 Å². The number of thiocarbonyl (C=S) groups is 1. The van der Waals surface area contributed by atoms with Gasteiger partial charge in [0.2, 0.25) is 0 Å². The molecule has 0 heterocycles. The smallest absolute Gasteiger partial charge is 0.168 e. The molecule has 0 aliphatic rings. The van der Waals surface area contributed by atoms with Gasteiger partial charge in [-0.1, -0.05) is 42.5 Å². The summed E-state index contributed by atoms with van der Waals surface area (Å²) >= 11 is 4.85. The van der Waals surface area contributed by atoms with Crippen molar-refractivity contribution >= 4 is 33.8 Å². The molecule has 28 heavy (non-hydrogen) atoms. The second-order valence-corrected chi connectivity index (χ2v) is 7.15. The fraction of sp³-hybridized carbons (Fsp3) is 0.261. The lowest BCUT2D eigenvalue weighted by molar-refractivity contribution is 0.280. The minimum atomic E-state index is 0.249. The molecular formula is C23H26N2O2S. The Morgan fingerprint density at radius 2 is 1.71 bits per heavy atom. The number of aryl methyl sites for hydroxylation is 1. The first-order valence-electron chi connectivity index (χ1n) is 9.54. The first-order chi connectivity index (χ1) is 13.6. The SMILES string of the molecule is Cc1ccc2ccccc2c1OCCCCCOc1cccc(NC(N)=S)c1. The van der Waals surface area contributed by atoms with E-state index in [1.807, 2.05) is 24.3 Å². The maximum absolute atomic E-state index is 6.09. The fourth-order valence-electron chi connectivity index (χ4n) is 3.09. The van der Waals surface area contributed by atoms with Gasteiger partial charge < -0.3 is 20.5 Å². The first kappa shape index (κ1) is 20.0. The van der Waals surface area contributed by atoms with Crippen molar-refractivity contribution in [2.75, 3.05) is 18.5 Å². The molecule has 3 aromatic carbocycles. The van der Waals surface area contributed by atoms with Gasteiger partial charge in [0.25, 0.3) is 0 Å². The highest BCUT2D eigenvalue weighted by molar-refractivity contribution is 7.80.